The van der Waals surface area contributed by atoms with E-state index >= 15 is 0 Å². The van der Waals surface area contributed by atoms with Gasteiger partial charge >= 0.3 is 6.09 Å². The van der Waals surface area contributed by atoms with Crippen LogP contribution in [0.15, 0.2) is 12.1 Å². The number of Topliss-reactive ketones (excluding diaryl/α,β-unsaturated/α-hetero) is 1. The van der Waals surface area contributed by atoms with Gasteiger partial charge in [-0.05, 0) is 39.3 Å². The maximum atomic E-state index is 13.9. The highest BCUT2D eigenvalue weighted by atomic mass is 19.3. The molecule has 5 nitrogen and oxygen atoms in total. The lowest BCUT2D eigenvalue weighted by molar-refractivity contribution is -0.122. The first-order valence-electron chi connectivity index (χ1n) is 8.79. The quantitative estimate of drug-likeness (QED) is 0.786. The highest BCUT2D eigenvalue weighted by Crippen LogP contribution is 2.28. The molecule has 0 bridgehead atoms. The Morgan fingerprint density at radius 2 is 1.89 bits per heavy atom. The Morgan fingerprint density at radius 3 is 2.44 bits per heavy atom. The molecular formula is C19H25F3N2O3. The van der Waals surface area contributed by atoms with Gasteiger partial charge in [0.25, 0.3) is 5.92 Å². The van der Waals surface area contributed by atoms with Crippen LogP contribution in [0.2, 0.25) is 0 Å². The number of halogens is 3. The number of amides is 1. The van der Waals surface area contributed by atoms with Gasteiger partial charge < -0.3 is 4.74 Å². The number of hydrogen-bond donors (Lipinski definition) is 0. The molecule has 0 saturated carbocycles. The molecular weight excluding hydrogens is 361 g/mol. The largest absolute Gasteiger partial charge is 0.444 e. The minimum Gasteiger partial charge on any atom is -0.444 e. The van der Waals surface area contributed by atoms with E-state index in [1.165, 1.54) is 12.1 Å². The van der Waals surface area contributed by atoms with Gasteiger partial charge in [0.05, 0.1) is 24.7 Å². The Hall–Kier alpha value is -2.12. The molecule has 1 saturated heterocycles. The smallest absolute Gasteiger partial charge is 0.411 e. The van der Waals surface area contributed by atoms with Gasteiger partial charge in [-0.3, -0.25) is 14.7 Å². The molecule has 0 N–H and O–H groups in total. The van der Waals surface area contributed by atoms with Crippen molar-refractivity contribution in [2.75, 3.05) is 6.54 Å². The number of hydrogen-bond acceptors (Lipinski definition) is 4. The summed E-state index contributed by atoms with van der Waals surface area (Å²) < 4.78 is 46.2. The second-order valence-electron chi connectivity index (χ2n) is 7.97. The molecule has 2 heterocycles. The fourth-order valence-corrected chi connectivity index (χ4v) is 2.89. The van der Waals surface area contributed by atoms with Gasteiger partial charge in [-0.15, -0.1) is 0 Å². The molecule has 0 aliphatic carbocycles. The molecule has 2 rings (SSSR count). The number of pyridine rings is 1. The van der Waals surface area contributed by atoms with Crippen molar-refractivity contribution in [1.29, 1.82) is 0 Å². The lowest BCUT2D eigenvalue weighted by Crippen LogP contribution is -2.44. The molecule has 0 spiro atoms. The molecule has 27 heavy (non-hydrogen) atoms. The Balaban J connectivity index is 2.20. The van der Waals surface area contributed by atoms with E-state index in [1.54, 1.807) is 27.7 Å². The van der Waals surface area contributed by atoms with Crippen LogP contribution in [0.3, 0.4) is 0 Å². The second-order valence-corrected chi connectivity index (χ2v) is 7.97. The topological polar surface area (TPSA) is 59.5 Å². The number of alkyl halides is 3. The molecule has 1 aliphatic rings. The van der Waals surface area contributed by atoms with Gasteiger partial charge in [-0.2, -0.15) is 8.78 Å². The zero-order valence-electron chi connectivity index (χ0n) is 16.2. The maximum Gasteiger partial charge on any atom is 0.411 e. The first-order valence-corrected chi connectivity index (χ1v) is 8.79. The van der Waals surface area contributed by atoms with E-state index in [-0.39, 0.29) is 25.1 Å². The second kappa shape index (κ2) is 7.48. The van der Waals surface area contributed by atoms with Gasteiger partial charge in [-0.25, -0.2) is 9.18 Å². The molecule has 2 atom stereocenters. The summed E-state index contributed by atoms with van der Waals surface area (Å²) in [6.07, 6.45) is -2.50. The van der Waals surface area contributed by atoms with Gasteiger partial charge in [0.15, 0.2) is 5.78 Å². The number of aryl methyl sites for hydroxylation is 1. The first kappa shape index (κ1) is 21.2. The van der Waals surface area contributed by atoms with Crippen LogP contribution in [0.4, 0.5) is 18.0 Å². The number of carbonyl (C=O) groups is 2. The monoisotopic (exact) mass is 386 g/mol. The highest BCUT2D eigenvalue weighted by molar-refractivity contribution is 5.89. The van der Waals surface area contributed by atoms with Crippen molar-refractivity contribution in [3.8, 4) is 0 Å². The Bertz CT molecular complexity index is 726. The van der Waals surface area contributed by atoms with Crippen molar-refractivity contribution >= 4 is 11.9 Å². The number of ketones is 1. The number of ether oxygens (including phenoxy) is 1. The van der Waals surface area contributed by atoms with Crippen molar-refractivity contribution in [1.82, 2.24) is 9.88 Å². The average Bonchev–Trinajstić information content (AvgIpc) is 2.89. The summed E-state index contributed by atoms with van der Waals surface area (Å²) in [6, 6.07) is 1.69. The van der Waals surface area contributed by atoms with E-state index in [2.05, 4.69) is 4.98 Å². The number of likely N-dealkylation sites (tertiary alicyclic amines) is 1. The van der Waals surface area contributed by atoms with E-state index in [9.17, 15) is 22.8 Å². The number of aromatic nitrogens is 1. The third-order valence-electron chi connectivity index (χ3n) is 4.24. The van der Waals surface area contributed by atoms with Gasteiger partial charge in [-0.1, -0.05) is 6.07 Å². The minimum atomic E-state index is -3.13. The molecule has 1 aromatic rings. The lowest BCUT2D eigenvalue weighted by atomic mass is 10.0. The summed E-state index contributed by atoms with van der Waals surface area (Å²) in [6.45, 7) is 7.18. The SMILES string of the molecule is Cc1ccc(C(C)(F)F)nc1CC(=O)[C@@H]1C[C@@H](F)CN1C(=O)OC(C)(C)C. The number of carbonyl (C=O) groups excluding carboxylic acids is 2. The van der Waals surface area contributed by atoms with Gasteiger partial charge in [0.1, 0.15) is 17.5 Å². The molecule has 1 fully saturated rings. The van der Waals surface area contributed by atoms with Crippen molar-refractivity contribution in [3.05, 3.63) is 29.1 Å². The molecule has 1 aliphatic heterocycles. The van der Waals surface area contributed by atoms with Crippen LogP contribution in [0.5, 0.6) is 0 Å². The van der Waals surface area contributed by atoms with Crippen LogP contribution >= 0.6 is 0 Å². The van der Waals surface area contributed by atoms with Crippen molar-refractivity contribution in [2.45, 2.75) is 71.2 Å². The highest BCUT2D eigenvalue weighted by Gasteiger charge is 2.41. The fourth-order valence-electron chi connectivity index (χ4n) is 2.89. The summed E-state index contributed by atoms with van der Waals surface area (Å²) in [5, 5.41) is 0. The Kier molecular flexibility index (Phi) is 5.87. The van der Waals surface area contributed by atoms with E-state index in [4.69, 9.17) is 4.74 Å². The lowest BCUT2D eigenvalue weighted by Gasteiger charge is -2.27. The van der Waals surface area contributed by atoms with Crippen LogP contribution < -0.4 is 0 Å². The molecule has 150 valence electrons. The van der Waals surface area contributed by atoms with Crippen molar-refractivity contribution in [2.24, 2.45) is 0 Å². The molecule has 1 aromatic heterocycles. The molecule has 0 radical (unpaired) electrons. The Morgan fingerprint density at radius 1 is 1.26 bits per heavy atom. The van der Waals surface area contributed by atoms with Crippen LogP contribution in [0.25, 0.3) is 0 Å². The normalized spacial score (nSPS) is 20.7. The van der Waals surface area contributed by atoms with Crippen LogP contribution in [0.1, 0.15) is 51.1 Å². The predicted molar refractivity (Wildman–Crippen MR) is 93.5 cm³/mol. The van der Waals surface area contributed by atoms with Crippen LogP contribution in [-0.2, 0) is 21.9 Å². The number of rotatable bonds is 4. The maximum absolute atomic E-state index is 13.9. The molecule has 0 aromatic carbocycles. The van der Waals surface area contributed by atoms with Crippen molar-refractivity contribution < 1.29 is 27.5 Å². The molecule has 8 heteroatoms. The van der Waals surface area contributed by atoms with Gasteiger partial charge in [0, 0.05) is 13.3 Å². The Labute approximate surface area is 156 Å². The van der Waals surface area contributed by atoms with Gasteiger partial charge in [0.2, 0.25) is 0 Å². The summed E-state index contributed by atoms with van der Waals surface area (Å²) in [7, 11) is 0. The van der Waals surface area contributed by atoms with E-state index < -0.39 is 41.3 Å². The zero-order chi connectivity index (χ0) is 20.6. The van der Waals surface area contributed by atoms with Crippen molar-refractivity contribution in [3.63, 3.8) is 0 Å². The summed E-state index contributed by atoms with van der Waals surface area (Å²) in [5.41, 5.74) is -0.437. The summed E-state index contributed by atoms with van der Waals surface area (Å²) in [4.78, 5) is 30.0. The summed E-state index contributed by atoms with van der Waals surface area (Å²) >= 11 is 0. The standard InChI is InChI=1S/C19H25F3N2O3/c1-11-6-7-16(19(5,21)22)23-13(11)9-15(25)14-8-12(20)10-24(14)17(26)27-18(2,3)4/h6-7,12,14H,8-10H2,1-5H3/t12-,14+/m1/s1. The average molecular weight is 386 g/mol. The third-order valence-corrected chi connectivity index (χ3v) is 4.24. The molecule has 0 unspecified atom stereocenters. The van der Waals surface area contributed by atoms with Crippen LogP contribution in [-0.4, -0.2) is 46.1 Å². The van der Waals surface area contributed by atoms with E-state index in [0.717, 1.165) is 11.8 Å². The predicted octanol–water partition coefficient (Wildman–Crippen LogP) is 3.96. The first-order chi connectivity index (χ1) is 12.3. The molecule has 1 amide bonds. The fraction of sp³-hybridized carbons (Fsp3) is 0.632. The minimum absolute atomic E-state index is 0.138. The third kappa shape index (κ3) is 5.43. The zero-order valence-corrected chi connectivity index (χ0v) is 16.2. The summed E-state index contributed by atoms with van der Waals surface area (Å²) in [5.74, 6) is -3.58. The number of nitrogens with zero attached hydrogens (tertiary/aromatic N) is 2. The van der Waals surface area contributed by atoms with E-state index in [0.29, 0.717) is 5.56 Å². The van der Waals surface area contributed by atoms with E-state index in [1.807, 2.05) is 0 Å². The van der Waals surface area contributed by atoms with Crippen LogP contribution in [0, 0.1) is 6.92 Å².